The first-order valence-corrected chi connectivity index (χ1v) is 10.7. The van der Waals surface area contributed by atoms with Gasteiger partial charge in [0.2, 0.25) is 11.8 Å². The number of para-hydroxylation sites is 2. The Balaban J connectivity index is 1.72. The summed E-state index contributed by atoms with van der Waals surface area (Å²) in [6.45, 7) is 3.32. The molecule has 0 aliphatic carbocycles. The number of carbonyl (C=O) groups is 2. The Hall–Kier alpha value is -2.91. The lowest BCUT2D eigenvalue weighted by atomic mass is 10.2. The Labute approximate surface area is 189 Å². The van der Waals surface area contributed by atoms with Gasteiger partial charge in [-0.25, -0.2) is 5.01 Å². The predicted molar refractivity (Wildman–Crippen MR) is 120 cm³/mol. The molecule has 164 valence electrons. The van der Waals surface area contributed by atoms with Crippen LogP contribution in [0.3, 0.4) is 0 Å². The topological polar surface area (TPSA) is 89.5 Å². The van der Waals surface area contributed by atoms with Crippen molar-refractivity contribution in [1.82, 2.24) is 10.3 Å². The maximum atomic E-state index is 12.1. The van der Waals surface area contributed by atoms with Gasteiger partial charge in [-0.3, -0.25) is 9.59 Å². The molecule has 0 aromatic heterocycles. The Morgan fingerprint density at radius 1 is 1.10 bits per heavy atom. The minimum absolute atomic E-state index is 0.254. The fourth-order valence-corrected chi connectivity index (χ4v) is 4.19. The van der Waals surface area contributed by atoms with Gasteiger partial charge in [-0.2, -0.15) is 0 Å². The Kier molecular flexibility index (Phi) is 7.64. The van der Waals surface area contributed by atoms with Crippen molar-refractivity contribution in [2.24, 2.45) is 5.10 Å². The van der Waals surface area contributed by atoms with Gasteiger partial charge < -0.3 is 19.5 Å². The standard InChI is InChI=1S/C21H22ClN3O5S/c1-13(26)23-21-24-25(14(2)27)20(31-21)16-12-15(22)8-9-17(16)29-10-11-30-19-7-5-4-6-18(19)28-3/h4-9,12,20H,10-11H2,1-3H3,(H,23,24,26). The summed E-state index contributed by atoms with van der Waals surface area (Å²) in [4.78, 5) is 23.5. The molecule has 10 heteroatoms. The van der Waals surface area contributed by atoms with Crippen LogP contribution in [0, 0.1) is 0 Å². The SMILES string of the molecule is COc1ccccc1OCCOc1ccc(Cl)cc1C1SC(NC(C)=O)=NN1C(C)=O. The van der Waals surface area contributed by atoms with E-state index in [-0.39, 0.29) is 25.0 Å². The van der Waals surface area contributed by atoms with E-state index in [9.17, 15) is 9.59 Å². The van der Waals surface area contributed by atoms with E-state index in [1.54, 1.807) is 25.3 Å². The molecule has 31 heavy (non-hydrogen) atoms. The van der Waals surface area contributed by atoms with E-state index in [1.165, 1.54) is 30.6 Å². The summed E-state index contributed by atoms with van der Waals surface area (Å²) in [5.41, 5.74) is 0.661. The molecular formula is C21H22ClN3O5S. The van der Waals surface area contributed by atoms with Crippen molar-refractivity contribution in [2.75, 3.05) is 20.3 Å². The van der Waals surface area contributed by atoms with Crippen LogP contribution < -0.4 is 19.5 Å². The number of hydrazone groups is 1. The largest absolute Gasteiger partial charge is 0.493 e. The minimum atomic E-state index is -0.525. The summed E-state index contributed by atoms with van der Waals surface area (Å²) < 4.78 is 16.9. The zero-order valence-corrected chi connectivity index (χ0v) is 18.8. The van der Waals surface area contributed by atoms with Crippen LogP contribution in [0.15, 0.2) is 47.6 Å². The zero-order valence-electron chi connectivity index (χ0n) is 17.3. The number of thioether (sulfide) groups is 1. The number of amides is 2. The number of carbonyl (C=O) groups excluding carboxylic acids is 2. The smallest absolute Gasteiger partial charge is 0.241 e. The van der Waals surface area contributed by atoms with Crippen LogP contribution in [0.2, 0.25) is 5.02 Å². The first-order chi connectivity index (χ1) is 14.9. The van der Waals surface area contributed by atoms with E-state index in [1.807, 2.05) is 24.3 Å². The number of hydrogen-bond acceptors (Lipinski definition) is 7. The number of amidine groups is 1. The molecule has 2 amide bonds. The molecule has 1 unspecified atom stereocenters. The molecule has 1 atom stereocenters. The van der Waals surface area contributed by atoms with Crippen LogP contribution in [0.1, 0.15) is 24.8 Å². The van der Waals surface area contributed by atoms with Gasteiger partial charge in [0.1, 0.15) is 24.3 Å². The molecule has 0 radical (unpaired) electrons. The van der Waals surface area contributed by atoms with E-state index >= 15 is 0 Å². The summed E-state index contributed by atoms with van der Waals surface area (Å²) in [5.74, 6) is 1.25. The Morgan fingerprint density at radius 3 is 2.42 bits per heavy atom. The average molecular weight is 464 g/mol. The minimum Gasteiger partial charge on any atom is -0.493 e. The van der Waals surface area contributed by atoms with Gasteiger partial charge in [-0.15, -0.1) is 5.10 Å². The third-order valence-corrected chi connectivity index (χ3v) is 5.47. The molecule has 2 aromatic carbocycles. The second-order valence-corrected chi connectivity index (χ2v) is 7.96. The highest BCUT2D eigenvalue weighted by molar-refractivity contribution is 8.14. The van der Waals surface area contributed by atoms with Gasteiger partial charge in [-0.1, -0.05) is 35.5 Å². The molecule has 1 aliphatic heterocycles. The normalized spacial score (nSPS) is 15.3. The van der Waals surface area contributed by atoms with E-state index in [0.29, 0.717) is 33.0 Å². The van der Waals surface area contributed by atoms with Crippen LogP contribution in [-0.2, 0) is 9.59 Å². The lowest BCUT2D eigenvalue weighted by molar-refractivity contribution is -0.129. The van der Waals surface area contributed by atoms with Gasteiger partial charge in [0, 0.05) is 24.4 Å². The molecule has 1 N–H and O–H groups in total. The molecule has 0 saturated carbocycles. The van der Waals surface area contributed by atoms with Crippen molar-refractivity contribution in [3.63, 3.8) is 0 Å². The summed E-state index contributed by atoms with van der Waals surface area (Å²) >= 11 is 7.43. The third kappa shape index (κ3) is 5.83. The summed E-state index contributed by atoms with van der Waals surface area (Å²) in [5, 5.41) is 8.41. The van der Waals surface area contributed by atoms with Crippen molar-refractivity contribution in [2.45, 2.75) is 19.2 Å². The number of benzene rings is 2. The van der Waals surface area contributed by atoms with Crippen LogP contribution in [0.5, 0.6) is 17.2 Å². The van der Waals surface area contributed by atoms with Crippen LogP contribution in [0.25, 0.3) is 0 Å². The van der Waals surface area contributed by atoms with Gasteiger partial charge in [0.15, 0.2) is 16.7 Å². The van der Waals surface area contributed by atoms with Crippen LogP contribution in [-0.4, -0.2) is 42.3 Å². The van der Waals surface area contributed by atoms with Gasteiger partial charge in [0.05, 0.1) is 7.11 Å². The highest BCUT2D eigenvalue weighted by atomic mass is 35.5. The van der Waals surface area contributed by atoms with E-state index in [2.05, 4.69) is 10.4 Å². The zero-order chi connectivity index (χ0) is 22.4. The van der Waals surface area contributed by atoms with E-state index < -0.39 is 5.37 Å². The number of nitrogens with zero attached hydrogens (tertiary/aromatic N) is 2. The monoisotopic (exact) mass is 463 g/mol. The van der Waals surface area contributed by atoms with Crippen molar-refractivity contribution in [3.05, 3.63) is 53.1 Å². The quantitative estimate of drug-likeness (QED) is 0.628. The van der Waals surface area contributed by atoms with Crippen molar-refractivity contribution in [3.8, 4) is 17.2 Å². The fraction of sp³-hybridized carbons (Fsp3) is 0.286. The highest BCUT2D eigenvalue weighted by Gasteiger charge is 2.34. The lowest BCUT2D eigenvalue weighted by Crippen LogP contribution is -2.25. The number of halogens is 1. The van der Waals surface area contributed by atoms with Crippen LogP contribution in [0.4, 0.5) is 0 Å². The molecule has 1 aliphatic rings. The maximum absolute atomic E-state index is 12.1. The molecule has 0 spiro atoms. The second-order valence-electron chi connectivity index (χ2n) is 6.45. The summed E-state index contributed by atoms with van der Waals surface area (Å²) in [6.07, 6.45) is 0. The average Bonchev–Trinajstić information content (AvgIpc) is 3.15. The molecular weight excluding hydrogens is 442 g/mol. The molecule has 0 fully saturated rings. The first kappa shape index (κ1) is 22.8. The van der Waals surface area contributed by atoms with Crippen molar-refractivity contribution in [1.29, 1.82) is 0 Å². The number of ether oxygens (including phenoxy) is 3. The van der Waals surface area contributed by atoms with E-state index in [0.717, 1.165) is 0 Å². The Bertz CT molecular complexity index is 1000. The van der Waals surface area contributed by atoms with Gasteiger partial charge >= 0.3 is 0 Å². The van der Waals surface area contributed by atoms with Gasteiger partial charge in [0.25, 0.3) is 0 Å². The molecule has 2 aromatic rings. The van der Waals surface area contributed by atoms with Crippen molar-refractivity contribution < 1.29 is 23.8 Å². The number of nitrogens with one attached hydrogen (secondary N) is 1. The number of methoxy groups -OCH3 is 1. The van der Waals surface area contributed by atoms with E-state index in [4.69, 9.17) is 25.8 Å². The lowest BCUT2D eigenvalue weighted by Gasteiger charge is -2.22. The molecule has 0 saturated heterocycles. The Morgan fingerprint density at radius 2 is 1.77 bits per heavy atom. The van der Waals surface area contributed by atoms with Crippen molar-refractivity contribution >= 4 is 40.3 Å². The number of hydrogen-bond donors (Lipinski definition) is 1. The fourth-order valence-electron chi connectivity index (χ4n) is 2.85. The third-order valence-electron chi connectivity index (χ3n) is 4.15. The first-order valence-electron chi connectivity index (χ1n) is 9.39. The molecule has 1 heterocycles. The van der Waals surface area contributed by atoms with Crippen LogP contribution >= 0.6 is 23.4 Å². The molecule has 0 bridgehead atoms. The second kappa shape index (κ2) is 10.4. The van der Waals surface area contributed by atoms with Gasteiger partial charge in [-0.05, 0) is 30.3 Å². The maximum Gasteiger partial charge on any atom is 0.241 e. The highest BCUT2D eigenvalue weighted by Crippen LogP contribution is 2.43. The molecule has 3 rings (SSSR count). The number of rotatable bonds is 7. The molecule has 8 nitrogen and oxygen atoms in total. The summed E-state index contributed by atoms with van der Waals surface area (Å²) in [7, 11) is 1.58. The predicted octanol–water partition coefficient (Wildman–Crippen LogP) is 3.81. The summed E-state index contributed by atoms with van der Waals surface area (Å²) in [6, 6.07) is 12.5.